The topological polar surface area (TPSA) is 57.5 Å². The molecule has 0 aliphatic rings. The molecule has 0 spiro atoms. The van der Waals surface area contributed by atoms with Gasteiger partial charge in [-0.25, -0.2) is 0 Å². The van der Waals surface area contributed by atoms with E-state index >= 15 is 0 Å². The molecule has 0 amide bonds. The van der Waals surface area contributed by atoms with Gasteiger partial charge < -0.3 is 10.2 Å². The summed E-state index contributed by atoms with van der Waals surface area (Å²) in [5, 5.41) is 19.3. The van der Waals surface area contributed by atoms with E-state index in [0.29, 0.717) is 0 Å². The van der Waals surface area contributed by atoms with Crippen molar-refractivity contribution >= 4 is 5.97 Å². The molecule has 0 radical (unpaired) electrons. The molecule has 17 heavy (non-hydrogen) atoms. The molecule has 0 aromatic heterocycles. The molecule has 0 bridgehead atoms. The molecule has 1 aromatic carbocycles. The van der Waals surface area contributed by atoms with Crippen LogP contribution in [0.1, 0.15) is 32.3 Å². The first kappa shape index (κ1) is 13.7. The molecule has 3 nitrogen and oxygen atoms in total. The van der Waals surface area contributed by atoms with Gasteiger partial charge in [0.15, 0.2) is 0 Å². The first-order valence-electron chi connectivity index (χ1n) is 5.91. The summed E-state index contributed by atoms with van der Waals surface area (Å²) in [6, 6.07) is 9.51. The standard InChI is InChI=1S/C14H20O3/c1-9(2)12(14(16)17)13(15)10(3)11-7-5-4-6-8-11/h4-10,12-13,15H,1-3H3,(H,16,17). The normalized spacial score (nSPS) is 16.5. The van der Waals surface area contributed by atoms with Gasteiger partial charge in [-0.1, -0.05) is 51.1 Å². The number of carbonyl (C=O) groups is 1. The van der Waals surface area contributed by atoms with Crippen molar-refractivity contribution in [1.29, 1.82) is 0 Å². The molecule has 0 fully saturated rings. The van der Waals surface area contributed by atoms with Crippen molar-refractivity contribution in [3.05, 3.63) is 35.9 Å². The Morgan fingerprint density at radius 1 is 1.12 bits per heavy atom. The summed E-state index contributed by atoms with van der Waals surface area (Å²) in [6.07, 6.45) is -0.866. The average molecular weight is 236 g/mol. The molecule has 0 saturated carbocycles. The van der Waals surface area contributed by atoms with Crippen LogP contribution in [0.5, 0.6) is 0 Å². The third kappa shape index (κ3) is 3.30. The van der Waals surface area contributed by atoms with Gasteiger partial charge in [-0.3, -0.25) is 4.79 Å². The number of carboxylic acids is 1. The molecule has 0 saturated heterocycles. The first-order valence-corrected chi connectivity index (χ1v) is 5.91. The number of hydrogen-bond acceptors (Lipinski definition) is 2. The SMILES string of the molecule is CC(C)C(C(=O)O)C(O)C(C)c1ccccc1. The maximum atomic E-state index is 11.2. The smallest absolute Gasteiger partial charge is 0.309 e. The average Bonchev–Trinajstić information content (AvgIpc) is 2.28. The number of aliphatic hydroxyl groups is 1. The van der Waals surface area contributed by atoms with E-state index in [1.54, 1.807) is 0 Å². The Kier molecular flexibility index (Phi) is 4.70. The number of carboxylic acid groups (broad SMARTS) is 1. The minimum atomic E-state index is -0.935. The van der Waals surface area contributed by atoms with Crippen LogP contribution in [0, 0.1) is 11.8 Å². The molecule has 0 aliphatic heterocycles. The van der Waals surface area contributed by atoms with Crippen molar-refractivity contribution < 1.29 is 15.0 Å². The van der Waals surface area contributed by atoms with E-state index < -0.39 is 18.0 Å². The van der Waals surface area contributed by atoms with Crippen LogP contribution in [0.25, 0.3) is 0 Å². The molecule has 3 unspecified atom stereocenters. The highest BCUT2D eigenvalue weighted by molar-refractivity contribution is 5.71. The fraction of sp³-hybridized carbons (Fsp3) is 0.500. The predicted octanol–water partition coefficient (Wildman–Crippen LogP) is 2.51. The third-order valence-corrected chi connectivity index (χ3v) is 3.21. The molecule has 3 heteroatoms. The van der Waals surface area contributed by atoms with Crippen LogP contribution < -0.4 is 0 Å². The van der Waals surface area contributed by atoms with Gasteiger partial charge in [0.25, 0.3) is 0 Å². The van der Waals surface area contributed by atoms with Gasteiger partial charge in [-0.05, 0) is 11.5 Å². The monoisotopic (exact) mass is 236 g/mol. The van der Waals surface area contributed by atoms with E-state index in [-0.39, 0.29) is 11.8 Å². The molecule has 94 valence electrons. The largest absolute Gasteiger partial charge is 0.481 e. The van der Waals surface area contributed by atoms with Gasteiger partial charge in [-0.2, -0.15) is 0 Å². The number of benzene rings is 1. The zero-order valence-electron chi connectivity index (χ0n) is 10.5. The third-order valence-electron chi connectivity index (χ3n) is 3.21. The van der Waals surface area contributed by atoms with E-state index in [0.717, 1.165) is 5.56 Å². The van der Waals surface area contributed by atoms with Crippen LogP contribution in [0.2, 0.25) is 0 Å². The van der Waals surface area contributed by atoms with Crippen molar-refractivity contribution in [1.82, 2.24) is 0 Å². The summed E-state index contributed by atoms with van der Waals surface area (Å²) in [6.45, 7) is 5.50. The molecule has 3 atom stereocenters. The Balaban J connectivity index is 2.88. The highest BCUT2D eigenvalue weighted by atomic mass is 16.4. The van der Waals surface area contributed by atoms with Crippen LogP contribution in [-0.4, -0.2) is 22.3 Å². The fourth-order valence-electron chi connectivity index (χ4n) is 2.09. The summed E-state index contributed by atoms with van der Waals surface area (Å²) in [4.78, 5) is 11.2. The van der Waals surface area contributed by atoms with Gasteiger partial charge >= 0.3 is 5.97 Å². The quantitative estimate of drug-likeness (QED) is 0.825. The Hall–Kier alpha value is -1.35. The fourth-order valence-corrected chi connectivity index (χ4v) is 2.09. The van der Waals surface area contributed by atoms with Gasteiger partial charge in [0.1, 0.15) is 0 Å². The summed E-state index contributed by atoms with van der Waals surface area (Å²) in [5.41, 5.74) is 0.965. The second kappa shape index (κ2) is 5.82. The molecule has 2 N–H and O–H groups in total. The lowest BCUT2D eigenvalue weighted by Gasteiger charge is -2.27. The minimum Gasteiger partial charge on any atom is -0.481 e. The second-order valence-corrected chi connectivity index (χ2v) is 4.80. The van der Waals surface area contributed by atoms with Crippen molar-refractivity contribution in [2.75, 3.05) is 0 Å². The van der Waals surface area contributed by atoms with Crippen LogP contribution in [0.4, 0.5) is 0 Å². The van der Waals surface area contributed by atoms with E-state index in [1.807, 2.05) is 51.1 Å². The summed E-state index contributed by atoms with van der Waals surface area (Å²) in [5.74, 6) is -1.94. The molecular formula is C14H20O3. The predicted molar refractivity (Wildman–Crippen MR) is 66.8 cm³/mol. The zero-order valence-corrected chi connectivity index (χ0v) is 10.5. The van der Waals surface area contributed by atoms with Crippen molar-refractivity contribution in [3.8, 4) is 0 Å². The van der Waals surface area contributed by atoms with E-state index in [9.17, 15) is 9.90 Å². The number of aliphatic carboxylic acids is 1. The Bertz CT molecular complexity index is 359. The Morgan fingerprint density at radius 2 is 1.65 bits per heavy atom. The van der Waals surface area contributed by atoms with Crippen LogP contribution in [0.15, 0.2) is 30.3 Å². The Morgan fingerprint density at radius 3 is 2.06 bits per heavy atom. The van der Waals surface area contributed by atoms with Crippen molar-refractivity contribution in [2.45, 2.75) is 32.8 Å². The highest BCUT2D eigenvalue weighted by Gasteiger charge is 2.33. The van der Waals surface area contributed by atoms with E-state index in [1.165, 1.54) is 0 Å². The second-order valence-electron chi connectivity index (χ2n) is 4.80. The van der Waals surface area contributed by atoms with Crippen LogP contribution in [0.3, 0.4) is 0 Å². The molecule has 0 aliphatic carbocycles. The summed E-state index contributed by atoms with van der Waals surface area (Å²) < 4.78 is 0. The molecular weight excluding hydrogens is 216 g/mol. The zero-order chi connectivity index (χ0) is 13.0. The van der Waals surface area contributed by atoms with Crippen molar-refractivity contribution in [2.24, 2.45) is 11.8 Å². The summed E-state index contributed by atoms with van der Waals surface area (Å²) in [7, 11) is 0. The van der Waals surface area contributed by atoms with Crippen LogP contribution >= 0.6 is 0 Å². The maximum Gasteiger partial charge on any atom is 0.309 e. The molecule has 1 aromatic rings. The number of rotatable bonds is 5. The lowest BCUT2D eigenvalue weighted by Crippen LogP contribution is -2.35. The van der Waals surface area contributed by atoms with E-state index in [2.05, 4.69) is 0 Å². The molecule has 0 heterocycles. The lowest BCUT2D eigenvalue weighted by atomic mass is 9.81. The van der Waals surface area contributed by atoms with Gasteiger partial charge in [0.05, 0.1) is 12.0 Å². The van der Waals surface area contributed by atoms with Crippen molar-refractivity contribution in [3.63, 3.8) is 0 Å². The first-order chi connectivity index (χ1) is 7.95. The number of hydrogen-bond donors (Lipinski definition) is 2. The van der Waals surface area contributed by atoms with Gasteiger partial charge in [-0.15, -0.1) is 0 Å². The maximum absolute atomic E-state index is 11.2. The molecule has 1 rings (SSSR count). The summed E-state index contributed by atoms with van der Waals surface area (Å²) >= 11 is 0. The van der Waals surface area contributed by atoms with E-state index in [4.69, 9.17) is 5.11 Å². The minimum absolute atomic E-state index is 0.0892. The number of aliphatic hydroxyl groups excluding tert-OH is 1. The highest BCUT2D eigenvalue weighted by Crippen LogP contribution is 2.28. The van der Waals surface area contributed by atoms with Crippen LogP contribution in [-0.2, 0) is 4.79 Å². The van der Waals surface area contributed by atoms with Gasteiger partial charge in [0, 0.05) is 5.92 Å². The lowest BCUT2D eigenvalue weighted by molar-refractivity contribution is -0.148. The Labute approximate surface area is 102 Å². The van der Waals surface area contributed by atoms with Gasteiger partial charge in [0.2, 0.25) is 0 Å².